The summed E-state index contributed by atoms with van der Waals surface area (Å²) in [7, 11) is 1.26. The minimum absolute atomic E-state index is 0.0353. The summed E-state index contributed by atoms with van der Waals surface area (Å²) in [6, 6.07) is 10.7. The van der Waals surface area contributed by atoms with Crippen molar-refractivity contribution in [1.82, 2.24) is 0 Å². The number of ketones is 1. The fourth-order valence-corrected chi connectivity index (χ4v) is 1.77. The van der Waals surface area contributed by atoms with Gasteiger partial charge in [-0.05, 0) is 43.3 Å². The largest absolute Gasteiger partial charge is 0.508 e. The molecule has 21 heavy (non-hydrogen) atoms. The van der Waals surface area contributed by atoms with E-state index >= 15 is 0 Å². The van der Waals surface area contributed by atoms with E-state index in [1.54, 1.807) is 24.3 Å². The van der Waals surface area contributed by atoms with Gasteiger partial charge < -0.3 is 14.6 Å². The molecular formula is C16H14O5. The number of hydrogen-bond donors (Lipinski definition) is 1. The van der Waals surface area contributed by atoms with Gasteiger partial charge in [0.1, 0.15) is 17.2 Å². The van der Waals surface area contributed by atoms with E-state index < -0.39 is 5.97 Å². The van der Waals surface area contributed by atoms with E-state index in [2.05, 4.69) is 4.74 Å². The summed E-state index contributed by atoms with van der Waals surface area (Å²) in [4.78, 5) is 22.7. The summed E-state index contributed by atoms with van der Waals surface area (Å²) < 4.78 is 10.1. The molecule has 5 nitrogen and oxygen atoms in total. The normalized spacial score (nSPS) is 10.0. The average molecular weight is 286 g/mol. The summed E-state index contributed by atoms with van der Waals surface area (Å²) in [6.07, 6.45) is 0. The van der Waals surface area contributed by atoms with Gasteiger partial charge in [0.05, 0.1) is 12.7 Å². The van der Waals surface area contributed by atoms with Crippen LogP contribution in [0.25, 0.3) is 0 Å². The fraction of sp³-hybridized carbons (Fsp3) is 0.125. The van der Waals surface area contributed by atoms with Crippen molar-refractivity contribution in [2.24, 2.45) is 0 Å². The number of carbonyl (C=O) groups is 2. The Kier molecular flexibility index (Phi) is 4.23. The number of phenolic OH excluding ortho intramolecular Hbond substituents is 1. The first-order valence-electron chi connectivity index (χ1n) is 6.21. The highest BCUT2D eigenvalue weighted by Gasteiger charge is 2.10. The molecule has 5 heteroatoms. The van der Waals surface area contributed by atoms with Crippen molar-refractivity contribution in [3.8, 4) is 17.2 Å². The van der Waals surface area contributed by atoms with Crippen molar-refractivity contribution >= 4 is 11.8 Å². The van der Waals surface area contributed by atoms with Crippen molar-refractivity contribution in [3.63, 3.8) is 0 Å². The number of methoxy groups -OCH3 is 1. The first kappa shape index (κ1) is 14.6. The molecule has 2 aromatic carbocycles. The maximum Gasteiger partial charge on any atom is 0.338 e. The Morgan fingerprint density at radius 2 is 1.62 bits per heavy atom. The van der Waals surface area contributed by atoms with Crippen LogP contribution >= 0.6 is 0 Å². The van der Waals surface area contributed by atoms with Crippen LogP contribution in [0.1, 0.15) is 27.6 Å². The van der Waals surface area contributed by atoms with Crippen molar-refractivity contribution in [1.29, 1.82) is 0 Å². The smallest absolute Gasteiger partial charge is 0.338 e. The van der Waals surface area contributed by atoms with Gasteiger partial charge in [0.15, 0.2) is 5.78 Å². The topological polar surface area (TPSA) is 72.8 Å². The highest BCUT2D eigenvalue weighted by atomic mass is 16.5. The second-order valence-electron chi connectivity index (χ2n) is 4.39. The van der Waals surface area contributed by atoms with Crippen LogP contribution in [0.2, 0.25) is 0 Å². The number of Topliss-reactive ketones (excluding diaryl/α,β-unsaturated/α-hetero) is 1. The third kappa shape index (κ3) is 3.60. The van der Waals surface area contributed by atoms with E-state index in [0.717, 1.165) is 0 Å². The maximum atomic E-state index is 11.5. The highest BCUT2D eigenvalue weighted by molar-refractivity contribution is 5.94. The molecule has 0 aliphatic rings. The Hall–Kier alpha value is -2.82. The van der Waals surface area contributed by atoms with Crippen LogP contribution < -0.4 is 4.74 Å². The zero-order chi connectivity index (χ0) is 15.4. The van der Waals surface area contributed by atoms with E-state index in [9.17, 15) is 14.7 Å². The first-order valence-corrected chi connectivity index (χ1v) is 6.21. The molecule has 2 rings (SSSR count). The molecule has 108 valence electrons. The van der Waals surface area contributed by atoms with Gasteiger partial charge in [-0.25, -0.2) is 4.79 Å². The van der Waals surface area contributed by atoms with E-state index in [1.807, 2.05) is 0 Å². The highest BCUT2D eigenvalue weighted by Crippen LogP contribution is 2.27. The van der Waals surface area contributed by atoms with Gasteiger partial charge in [-0.3, -0.25) is 4.79 Å². The lowest BCUT2D eigenvalue weighted by Crippen LogP contribution is -2.01. The number of benzene rings is 2. The van der Waals surface area contributed by atoms with Gasteiger partial charge >= 0.3 is 5.97 Å². The summed E-state index contributed by atoms with van der Waals surface area (Å²) in [5, 5.41) is 9.60. The summed E-state index contributed by atoms with van der Waals surface area (Å²) in [5.41, 5.74) is 0.765. The van der Waals surface area contributed by atoms with Crippen LogP contribution in [0.5, 0.6) is 17.2 Å². The molecule has 0 amide bonds. The van der Waals surface area contributed by atoms with E-state index in [-0.39, 0.29) is 17.1 Å². The molecule has 0 aliphatic carbocycles. The minimum atomic E-state index is -0.567. The Morgan fingerprint density at radius 1 is 0.952 bits per heavy atom. The summed E-state index contributed by atoms with van der Waals surface area (Å²) in [5.74, 6) is 0.0789. The predicted molar refractivity (Wildman–Crippen MR) is 76.0 cm³/mol. The zero-order valence-corrected chi connectivity index (χ0v) is 11.6. The summed E-state index contributed by atoms with van der Waals surface area (Å²) in [6.45, 7) is 1.48. The molecule has 0 aromatic heterocycles. The van der Waals surface area contributed by atoms with E-state index in [0.29, 0.717) is 17.1 Å². The van der Waals surface area contributed by atoms with Crippen molar-refractivity contribution in [3.05, 3.63) is 53.6 Å². The number of esters is 1. The van der Waals surface area contributed by atoms with Gasteiger partial charge in [-0.1, -0.05) is 0 Å². The van der Waals surface area contributed by atoms with Gasteiger partial charge in [0.25, 0.3) is 0 Å². The van der Waals surface area contributed by atoms with Crippen LogP contribution in [0.4, 0.5) is 0 Å². The summed E-state index contributed by atoms with van der Waals surface area (Å²) >= 11 is 0. The Balaban J connectivity index is 2.24. The lowest BCUT2D eigenvalue weighted by Gasteiger charge is -2.08. The van der Waals surface area contributed by atoms with Crippen molar-refractivity contribution in [2.75, 3.05) is 7.11 Å². The number of rotatable bonds is 4. The molecule has 0 spiro atoms. The molecule has 0 radical (unpaired) electrons. The van der Waals surface area contributed by atoms with Crippen LogP contribution in [-0.4, -0.2) is 24.0 Å². The van der Waals surface area contributed by atoms with Crippen LogP contribution in [0.3, 0.4) is 0 Å². The van der Waals surface area contributed by atoms with Gasteiger partial charge in [-0.15, -0.1) is 0 Å². The Bertz CT molecular complexity index is 674. The number of carbonyl (C=O) groups excluding carboxylic acids is 2. The molecule has 0 unspecified atom stereocenters. The fourth-order valence-electron chi connectivity index (χ4n) is 1.77. The zero-order valence-electron chi connectivity index (χ0n) is 11.6. The van der Waals surface area contributed by atoms with Crippen LogP contribution in [0, 0.1) is 0 Å². The van der Waals surface area contributed by atoms with Crippen molar-refractivity contribution < 1.29 is 24.2 Å². The minimum Gasteiger partial charge on any atom is -0.508 e. The molecule has 0 saturated carbocycles. The van der Waals surface area contributed by atoms with Crippen LogP contribution in [0.15, 0.2) is 42.5 Å². The standard InChI is InChI=1S/C16H14O5/c1-10(17)11-3-5-14(6-4-11)21-15-8-12(16(19)20-2)7-13(18)9-15/h3-9,18H,1-2H3. The molecule has 0 saturated heterocycles. The third-order valence-corrected chi connectivity index (χ3v) is 2.81. The number of phenols is 1. The monoisotopic (exact) mass is 286 g/mol. The quantitative estimate of drug-likeness (QED) is 0.690. The van der Waals surface area contributed by atoms with E-state index in [1.165, 1.54) is 32.2 Å². The van der Waals surface area contributed by atoms with Gasteiger partial charge in [0.2, 0.25) is 0 Å². The van der Waals surface area contributed by atoms with Crippen molar-refractivity contribution in [2.45, 2.75) is 6.92 Å². The average Bonchev–Trinajstić information content (AvgIpc) is 2.46. The number of ether oxygens (including phenoxy) is 2. The Morgan fingerprint density at radius 3 is 2.19 bits per heavy atom. The maximum absolute atomic E-state index is 11.5. The predicted octanol–water partition coefficient (Wildman–Crippen LogP) is 3.17. The molecule has 0 atom stereocenters. The second kappa shape index (κ2) is 6.09. The SMILES string of the molecule is COC(=O)c1cc(O)cc(Oc2ccc(C(C)=O)cc2)c1. The Labute approximate surface area is 121 Å². The molecule has 0 heterocycles. The molecule has 2 aromatic rings. The van der Waals surface area contributed by atoms with Gasteiger partial charge in [-0.2, -0.15) is 0 Å². The second-order valence-corrected chi connectivity index (χ2v) is 4.39. The number of hydrogen-bond acceptors (Lipinski definition) is 5. The van der Waals surface area contributed by atoms with Gasteiger partial charge in [0, 0.05) is 11.6 Å². The molecule has 0 bridgehead atoms. The molecule has 1 N–H and O–H groups in total. The van der Waals surface area contributed by atoms with Crippen LogP contribution in [-0.2, 0) is 4.74 Å². The molecule has 0 fully saturated rings. The molecule has 0 aliphatic heterocycles. The van der Waals surface area contributed by atoms with E-state index in [4.69, 9.17) is 4.74 Å². The molecular weight excluding hydrogens is 272 g/mol. The first-order chi connectivity index (χ1) is 9.99. The lowest BCUT2D eigenvalue weighted by atomic mass is 10.1. The third-order valence-electron chi connectivity index (χ3n) is 2.81. The number of aromatic hydroxyl groups is 1. The lowest BCUT2D eigenvalue weighted by molar-refractivity contribution is 0.0599.